The van der Waals surface area contributed by atoms with Gasteiger partial charge in [0.05, 0.1) is 0 Å². The molecule has 3 nitrogen and oxygen atoms in total. The fraction of sp³-hybridized carbons (Fsp3) is 0.467. The maximum absolute atomic E-state index is 13.7. The van der Waals surface area contributed by atoms with E-state index in [9.17, 15) is 9.50 Å². The van der Waals surface area contributed by atoms with Crippen LogP contribution >= 0.6 is 40.7 Å². The SMILES string of the molecule is C=CCC[C@H](c1c(Br)ccc(F)c1O)N1CCNCC1.Cl.Cl. The fourth-order valence-corrected chi connectivity index (χ4v) is 3.24. The molecule has 0 aliphatic carbocycles. The third-order valence-electron chi connectivity index (χ3n) is 3.68. The third kappa shape index (κ3) is 5.10. The first-order valence-corrected chi connectivity index (χ1v) is 7.67. The number of rotatable bonds is 5. The van der Waals surface area contributed by atoms with E-state index in [1.54, 1.807) is 6.07 Å². The second-order valence-electron chi connectivity index (χ2n) is 4.96. The summed E-state index contributed by atoms with van der Waals surface area (Å²) in [6.45, 7) is 7.37. The lowest BCUT2D eigenvalue weighted by Crippen LogP contribution is -2.45. The minimum absolute atomic E-state index is 0. The zero-order chi connectivity index (χ0) is 14.5. The summed E-state index contributed by atoms with van der Waals surface area (Å²) in [5, 5.41) is 13.4. The fourth-order valence-electron chi connectivity index (χ4n) is 2.65. The second-order valence-corrected chi connectivity index (χ2v) is 5.81. The summed E-state index contributed by atoms with van der Waals surface area (Å²) in [6.07, 6.45) is 3.51. The molecule has 0 amide bonds. The smallest absolute Gasteiger partial charge is 0.165 e. The van der Waals surface area contributed by atoms with Crippen LogP contribution in [0.4, 0.5) is 4.39 Å². The normalized spacial score (nSPS) is 16.3. The number of piperazine rings is 1. The highest BCUT2D eigenvalue weighted by Gasteiger charge is 2.27. The van der Waals surface area contributed by atoms with Gasteiger partial charge < -0.3 is 10.4 Å². The van der Waals surface area contributed by atoms with Crippen LogP contribution in [0.1, 0.15) is 24.4 Å². The van der Waals surface area contributed by atoms with Gasteiger partial charge in [0.15, 0.2) is 11.6 Å². The molecule has 1 aromatic carbocycles. The van der Waals surface area contributed by atoms with Crippen molar-refractivity contribution in [1.29, 1.82) is 0 Å². The molecule has 0 saturated carbocycles. The summed E-state index contributed by atoms with van der Waals surface area (Å²) in [6, 6.07) is 2.94. The molecule has 0 bridgehead atoms. The van der Waals surface area contributed by atoms with Crippen molar-refractivity contribution in [1.82, 2.24) is 10.2 Å². The lowest BCUT2D eigenvalue weighted by atomic mass is 9.98. The Kier molecular flexibility index (Phi) is 10.3. The third-order valence-corrected chi connectivity index (χ3v) is 4.38. The van der Waals surface area contributed by atoms with Crippen LogP contribution in [0.15, 0.2) is 29.3 Å². The van der Waals surface area contributed by atoms with E-state index in [1.807, 2.05) is 6.08 Å². The van der Waals surface area contributed by atoms with E-state index in [1.165, 1.54) is 6.07 Å². The number of halogens is 4. The molecule has 2 N–H and O–H groups in total. The standard InChI is InChI=1S/C15H20BrFN2O.2ClH/c1-2-3-4-13(19-9-7-18-8-10-19)14-11(16)5-6-12(17)15(14)20;;/h2,5-6,13,18,20H,1,3-4,7-10H2;2*1H/t13-;;/m1../s1. The van der Waals surface area contributed by atoms with Crippen LogP contribution in [-0.4, -0.2) is 36.2 Å². The Hall–Kier alpha value is -0.330. The second kappa shape index (κ2) is 10.4. The number of nitrogens with one attached hydrogen (secondary N) is 1. The molecule has 1 aliphatic rings. The summed E-state index contributed by atoms with van der Waals surface area (Å²) in [5.74, 6) is -0.811. The number of allylic oxidation sites excluding steroid dienone is 1. The number of hydrogen-bond donors (Lipinski definition) is 2. The largest absolute Gasteiger partial charge is 0.505 e. The molecule has 7 heteroatoms. The van der Waals surface area contributed by atoms with Gasteiger partial charge >= 0.3 is 0 Å². The van der Waals surface area contributed by atoms with E-state index in [0.717, 1.165) is 43.5 Å². The first kappa shape index (κ1) is 21.7. The highest BCUT2D eigenvalue weighted by Crippen LogP contribution is 2.39. The molecule has 0 spiro atoms. The van der Waals surface area contributed by atoms with E-state index in [4.69, 9.17) is 0 Å². The van der Waals surface area contributed by atoms with Crippen molar-refractivity contribution in [2.75, 3.05) is 26.2 Å². The Morgan fingerprint density at radius 1 is 1.36 bits per heavy atom. The molecule has 1 saturated heterocycles. The summed E-state index contributed by atoms with van der Waals surface area (Å²) in [7, 11) is 0. The highest BCUT2D eigenvalue weighted by atomic mass is 79.9. The van der Waals surface area contributed by atoms with Gasteiger partial charge in [-0.25, -0.2) is 4.39 Å². The summed E-state index contributed by atoms with van der Waals surface area (Å²) >= 11 is 3.45. The Balaban J connectivity index is 0.00000220. The van der Waals surface area contributed by atoms with Gasteiger partial charge in [-0.1, -0.05) is 22.0 Å². The molecule has 1 aromatic rings. The topological polar surface area (TPSA) is 35.5 Å². The molecular formula is C15H22BrCl2FN2O. The molecule has 0 unspecified atom stereocenters. The van der Waals surface area contributed by atoms with Gasteiger partial charge in [-0.3, -0.25) is 4.90 Å². The summed E-state index contributed by atoms with van der Waals surface area (Å²) in [4.78, 5) is 2.29. The van der Waals surface area contributed by atoms with Crippen molar-refractivity contribution in [3.8, 4) is 5.75 Å². The number of hydrogen-bond acceptors (Lipinski definition) is 3. The van der Waals surface area contributed by atoms with Crippen LogP contribution in [0.5, 0.6) is 5.75 Å². The van der Waals surface area contributed by atoms with Gasteiger partial charge in [0.1, 0.15) is 0 Å². The van der Waals surface area contributed by atoms with Crippen LogP contribution < -0.4 is 5.32 Å². The molecule has 2 rings (SSSR count). The van der Waals surface area contributed by atoms with Crippen LogP contribution in [0, 0.1) is 5.82 Å². The van der Waals surface area contributed by atoms with Crippen LogP contribution in [0.2, 0.25) is 0 Å². The average molecular weight is 416 g/mol. The molecular weight excluding hydrogens is 394 g/mol. The van der Waals surface area contributed by atoms with Crippen molar-refractivity contribution < 1.29 is 9.50 Å². The van der Waals surface area contributed by atoms with Crippen molar-refractivity contribution in [3.63, 3.8) is 0 Å². The van der Waals surface area contributed by atoms with Gasteiger partial charge in [-0.05, 0) is 25.0 Å². The van der Waals surface area contributed by atoms with Gasteiger partial charge in [0.25, 0.3) is 0 Å². The number of benzene rings is 1. The molecule has 0 radical (unpaired) electrons. The van der Waals surface area contributed by atoms with Crippen molar-refractivity contribution >= 4 is 40.7 Å². The van der Waals surface area contributed by atoms with Gasteiger partial charge in [-0.2, -0.15) is 0 Å². The number of phenolic OH excluding ortho intramolecular Hbond substituents is 1. The number of phenols is 1. The van der Waals surface area contributed by atoms with E-state index >= 15 is 0 Å². The molecule has 0 aromatic heterocycles. The lowest BCUT2D eigenvalue weighted by Gasteiger charge is -2.36. The molecule has 126 valence electrons. The molecule has 1 fully saturated rings. The quantitative estimate of drug-likeness (QED) is 0.712. The number of aromatic hydroxyl groups is 1. The Morgan fingerprint density at radius 2 is 2.00 bits per heavy atom. The molecule has 1 aliphatic heterocycles. The molecule has 1 atom stereocenters. The predicted octanol–water partition coefficient (Wildman–Crippen LogP) is 4.05. The van der Waals surface area contributed by atoms with Crippen LogP contribution in [-0.2, 0) is 0 Å². The first-order valence-electron chi connectivity index (χ1n) is 6.87. The van der Waals surface area contributed by atoms with Crippen molar-refractivity contribution in [3.05, 3.63) is 40.6 Å². The van der Waals surface area contributed by atoms with E-state index in [2.05, 4.69) is 32.7 Å². The molecule has 22 heavy (non-hydrogen) atoms. The van der Waals surface area contributed by atoms with Crippen LogP contribution in [0.25, 0.3) is 0 Å². The van der Waals surface area contributed by atoms with E-state index < -0.39 is 5.82 Å². The first-order chi connectivity index (χ1) is 9.65. The monoisotopic (exact) mass is 414 g/mol. The number of nitrogens with zero attached hydrogens (tertiary/aromatic N) is 1. The van der Waals surface area contributed by atoms with E-state index in [0.29, 0.717) is 5.56 Å². The minimum atomic E-state index is -0.568. The van der Waals surface area contributed by atoms with Crippen LogP contribution in [0.3, 0.4) is 0 Å². The highest BCUT2D eigenvalue weighted by molar-refractivity contribution is 9.10. The average Bonchev–Trinajstić information content (AvgIpc) is 2.47. The van der Waals surface area contributed by atoms with Gasteiger partial charge in [-0.15, -0.1) is 31.4 Å². The summed E-state index contributed by atoms with van der Waals surface area (Å²) in [5.41, 5.74) is 0.647. The Morgan fingerprint density at radius 3 is 2.59 bits per heavy atom. The Bertz CT molecular complexity index is 485. The van der Waals surface area contributed by atoms with Gasteiger partial charge in [0.2, 0.25) is 0 Å². The summed E-state index contributed by atoms with van der Waals surface area (Å²) < 4.78 is 14.4. The minimum Gasteiger partial charge on any atom is -0.505 e. The maximum atomic E-state index is 13.7. The van der Waals surface area contributed by atoms with E-state index in [-0.39, 0.29) is 36.6 Å². The van der Waals surface area contributed by atoms with Gasteiger partial charge in [0, 0.05) is 42.3 Å². The van der Waals surface area contributed by atoms with Crippen molar-refractivity contribution in [2.24, 2.45) is 0 Å². The zero-order valence-corrected chi connectivity index (χ0v) is 15.4. The zero-order valence-electron chi connectivity index (χ0n) is 12.2. The molecule has 1 heterocycles. The lowest BCUT2D eigenvalue weighted by molar-refractivity contribution is 0.162. The maximum Gasteiger partial charge on any atom is 0.165 e. The predicted molar refractivity (Wildman–Crippen MR) is 96.9 cm³/mol. The Labute approximate surface area is 151 Å². The van der Waals surface area contributed by atoms with Crippen molar-refractivity contribution in [2.45, 2.75) is 18.9 Å².